The summed E-state index contributed by atoms with van der Waals surface area (Å²) < 4.78 is 74.4. The number of urea groups is 1. The van der Waals surface area contributed by atoms with Crippen molar-refractivity contribution in [2.24, 2.45) is 59.0 Å². The molecule has 0 bridgehead atoms. The number of halogens is 4. The highest BCUT2D eigenvalue weighted by molar-refractivity contribution is 5.98. The van der Waals surface area contributed by atoms with Crippen LogP contribution in [0.3, 0.4) is 0 Å². The number of nitrogens with zero attached hydrogens (tertiary/aromatic N) is 4. The number of esters is 1. The number of piperidine rings is 1. The van der Waals surface area contributed by atoms with E-state index in [1.165, 1.54) is 19.1 Å². The van der Waals surface area contributed by atoms with Crippen molar-refractivity contribution in [3.63, 3.8) is 0 Å². The molecule has 23 nitrogen and oxygen atoms in total. The number of ketones is 3. The van der Waals surface area contributed by atoms with Gasteiger partial charge in [-0.1, -0.05) is 111 Å². The highest BCUT2D eigenvalue weighted by Crippen LogP contribution is 2.35. The number of anilines is 1. The van der Waals surface area contributed by atoms with Gasteiger partial charge in [-0.25, -0.2) is 13.6 Å². The van der Waals surface area contributed by atoms with E-state index >= 15 is 0 Å². The van der Waals surface area contributed by atoms with Crippen LogP contribution in [0.2, 0.25) is 0 Å². The largest absolute Gasteiger partial charge is 0.420 e. The fourth-order valence-corrected chi connectivity index (χ4v) is 14.9. The number of nitrogens with one attached hydrogen (secondary N) is 4. The predicted molar refractivity (Wildman–Crippen MR) is 393 cm³/mol. The Kier molecular flexibility index (Phi) is 34.9. The van der Waals surface area contributed by atoms with Gasteiger partial charge in [-0.05, 0) is 120 Å². The predicted octanol–water partition coefficient (Wildman–Crippen LogP) is 9.84. The van der Waals surface area contributed by atoms with E-state index in [0.29, 0.717) is 37.1 Å². The second-order valence-corrected chi connectivity index (χ2v) is 30.1. The van der Waals surface area contributed by atoms with Crippen molar-refractivity contribution in [3.8, 4) is 5.75 Å². The maximum absolute atomic E-state index is 14.7. The molecule has 3 aromatic carbocycles. The van der Waals surface area contributed by atoms with Crippen molar-refractivity contribution in [1.82, 2.24) is 35.6 Å². The van der Waals surface area contributed by atoms with Gasteiger partial charge in [-0.3, -0.25) is 52.8 Å². The molecule has 588 valence electrons. The molecule has 0 saturated carbocycles. The lowest BCUT2D eigenvalue weighted by Gasteiger charge is -2.41. The average molecular weight is 1490 g/mol. The monoisotopic (exact) mass is 1490 g/mol. The van der Waals surface area contributed by atoms with E-state index in [2.05, 4.69) is 21.3 Å². The molecule has 6 N–H and O–H groups in total. The van der Waals surface area contributed by atoms with Gasteiger partial charge in [0, 0.05) is 121 Å². The minimum atomic E-state index is -1.85. The molecular weight excluding hydrogens is 1370 g/mol. The third-order valence-electron chi connectivity index (χ3n) is 21.2. The number of nitrogens with two attached hydrogens (primary N) is 1. The van der Waals surface area contributed by atoms with Gasteiger partial charge in [0.2, 0.25) is 52.8 Å². The Balaban J connectivity index is 1.20. The Morgan fingerprint density at radius 3 is 1.86 bits per heavy atom. The number of likely N-dealkylation sites (tertiary alicyclic amines) is 2. The van der Waals surface area contributed by atoms with Crippen LogP contribution < -0.4 is 31.7 Å². The molecule has 106 heavy (non-hydrogen) atoms. The van der Waals surface area contributed by atoms with Crippen molar-refractivity contribution < 1.29 is 84.5 Å². The standard InChI is InChI=1S/C79H115F4N9O14/c1-17-47(8)72(90(14)77(101)57(44(2)3)41-61(95)71(46(6)7)89(12)13)62(104-15)42-65(98)92-35-22-26-58(92)73(105-16)49(10)59(93)40-55(38-51-23-19-18-20-24-51)75(99)86-43-52-27-29-56(30-28-52)87-76(100)53(25-21-34-85-79(84)103)39-60(94)70(45(4)5)88-63(96)31-32-64(97)91-36-33-54(37-48(91)9)78(102)106-74-68(82)66(80)50(11)67(81)69(74)83/h18-20,23-24,27-30,44-49,53-55,57-58,62,70-73H,17,21-22,25-26,31-43H2,1-16H3,(H,86,99)(H,87,100)(H,88,96)(H3,84,85,103)/t47-,48?,49-,53+,54?,55+,57-,58-,62+,70-,71-,72-,73+/m0/s1. The van der Waals surface area contributed by atoms with Crippen molar-refractivity contribution in [2.45, 2.75) is 215 Å². The molecule has 2 heterocycles. The summed E-state index contributed by atoms with van der Waals surface area (Å²) in [7, 11) is 8.53. The SMILES string of the molecule is CC[C@H](C)[C@@H]([C@@H](CC(=O)N1CCC[C@H]1[C@H](OC)[C@@H](C)C(=O)C[C@@H](Cc1ccccc1)C(=O)NCc1ccc(NC(=O)[C@H](CCCNC(N)=O)CC(=O)[C@@H](NC(=O)CCC(=O)N2CCC(C(=O)Oc3c(F)c(F)c(C)c(F)c3F)CC2C)C(C)C)cc1)OC)N(C)C(=O)[C@@H](CC(=O)[C@H](C(C)C)N(C)C)C(C)C. The second-order valence-electron chi connectivity index (χ2n) is 30.1. The number of likely N-dealkylation sites (N-methyl/N-ethyl adjacent to an activating group) is 2. The molecule has 27 heteroatoms. The quantitative estimate of drug-likeness (QED) is 0.0116. The zero-order valence-corrected chi connectivity index (χ0v) is 64.8. The number of amides is 8. The maximum atomic E-state index is 14.7. The van der Waals surface area contributed by atoms with Crippen LogP contribution in [0.1, 0.15) is 169 Å². The van der Waals surface area contributed by atoms with Crippen LogP contribution in [-0.2, 0) is 70.4 Å². The Labute approximate surface area is 622 Å². The first-order valence-electron chi connectivity index (χ1n) is 37.2. The van der Waals surface area contributed by atoms with Crippen LogP contribution in [0, 0.1) is 83.5 Å². The fourth-order valence-electron chi connectivity index (χ4n) is 14.9. The number of benzene rings is 3. The van der Waals surface area contributed by atoms with E-state index in [9.17, 15) is 70.3 Å². The average Bonchev–Trinajstić information content (AvgIpc) is 0.894. The van der Waals surface area contributed by atoms with Crippen LogP contribution in [-0.4, -0.2) is 182 Å². The fraction of sp³-hybridized carbons (Fsp3) is 0.633. The molecule has 0 aliphatic carbocycles. The van der Waals surface area contributed by atoms with Gasteiger partial charge in [-0.15, -0.1) is 0 Å². The summed E-state index contributed by atoms with van der Waals surface area (Å²) in [6, 6.07) is 12.2. The van der Waals surface area contributed by atoms with Gasteiger partial charge in [-0.2, -0.15) is 8.78 Å². The van der Waals surface area contributed by atoms with E-state index in [1.54, 1.807) is 68.8 Å². The third-order valence-corrected chi connectivity index (χ3v) is 21.2. The summed E-state index contributed by atoms with van der Waals surface area (Å²) >= 11 is 0. The molecule has 2 saturated heterocycles. The van der Waals surface area contributed by atoms with Crippen molar-refractivity contribution >= 4 is 70.5 Å². The first-order valence-corrected chi connectivity index (χ1v) is 37.2. The molecule has 2 unspecified atom stereocenters. The van der Waals surface area contributed by atoms with Gasteiger partial charge in [0.15, 0.2) is 23.2 Å². The summed E-state index contributed by atoms with van der Waals surface area (Å²) in [5.74, 6) is -17.6. The minimum absolute atomic E-state index is 0.00125. The van der Waals surface area contributed by atoms with E-state index in [0.717, 1.165) is 12.5 Å². The number of hydrogen-bond acceptors (Lipinski definition) is 15. The van der Waals surface area contributed by atoms with Crippen LogP contribution in [0.5, 0.6) is 5.75 Å². The Bertz CT molecular complexity index is 3470. The summed E-state index contributed by atoms with van der Waals surface area (Å²) in [5, 5.41) is 11.1. The number of methoxy groups -OCH3 is 2. The number of primary amides is 1. The van der Waals surface area contributed by atoms with Crippen LogP contribution in [0.25, 0.3) is 0 Å². The highest BCUT2D eigenvalue weighted by atomic mass is 19.2. The second kappa shape index (κ2) is 41.8. The molecular formula is C79H115F4N9O14. The smallest absolute Gasteiger partial charge is 0.314 e. The van der Waals surface area contributed by atoms with Crippen LogP contribution in [0.4, 0.5) is 28.0 Å². The molecule has 2 fully saturated rings. The normalized spacial score (nSPS) is 18.2. The Hall–Kier alpha value is -8.17. The Morgan fingerprint density at radius 1 is 0.670 bits per heavy atom. The lowest BCUT2D eigenvalue weighted by Crippen LogP contribution is -2.54. The van der Waals surface area contributed by atoms with E-state index in [1.807, 2.05) is 90.9 Å². The Morgan fingerprint density at radius 2 is 1.30 bits per heavy atom. The van der Waals surface area contributed by atoms with Gasteiger partial charge < -0.3 is 55.9 Å². The zero-order valence-electron chi connectivity index (χ0n) is 64.8. The lowest BCUT2D eigenvalue weighted by molar-refractivity contribution is -0.149. The molecule has 3 aromatic rings. The molecule has 0 aromatic heterocycles. The van der Waals surface area contributed by atoms with Gasteiger partial charge >= 0.3 is 12.0 Å². The summed E-state index contributed by atoms with van der Waals surface area (Å²) in [5.41, 5.74) is 6.22. The number of carbonyl (C=O) groups is 11. The lowest BCUT2D eigenvalue weighted by atomic mass is 9.83. The number of hydrogen-bond donors (Lipinski definition) is 5. The molecule has 13 atom stereocenters. The summed E-state index contributed by atoms with van der Waals surface area (Å²) in [6.07, 6.45) is -0.0225. The maximum Gasteiger partial charge on any atom is 0.314 e. The van der Waals surface area contributed by atoms with Crippen LogP contribution in [0.15, 0.2) is 54.6 Å². The minimum Gasteiger partial charge on any atom is -0.420 e. The van der Waals surface area contributed by atoms with E-state index in [-0.39, 0.29) is 143 Å². The van der Waals surface area contributed by atoms with E-state index in [4.69, 9.17) is 19.9 Å². The summed E-state index contributed by atoms with van der Waals surface area (Å²) in [4.78, 5) is 158. The third kappa shape index (κ3) is 24.4. The topological polar surface area (TPSA) is 303 Å². The molecule has 5 rings (SSSR count). The molecule has 0 spiro atoms. The first kappa shape index (κ1) is 88.5. The molecule has 0 radical (unpaired) electrons. The number of carbonyl (C=O) groups excluding carboxylic acids is 11. The van der Waals surface area contributed by atoms with Gasteiger partial charge in [0.1, 0.15) is 5.78 Å². The van der Waals surface area contributed by atoms with Gasteiger partial charge in [0.25, 0.3) is 0 Å². The number of Topliss-reactive ketones (excluding diaryl/α,β-unsaturated/α-hetero) is 3. The number of ether oxygens (including phenoxy) is 3. The molecule has 2 aliphatic heterocycles. The zero-order chi connectivity index (χ0) is 79.1. The van der Waals surface area contributed by atoms with Crippen LogP contribution >= 0.6 is 0 Å². The molecule has 2 aliphatic rings. The van der Waals surface area contributed by atoms with Crippen molar-refractivity contribution in [3.05, 3.63) is 94.6 Å². The van der Waals surface area contributed by atoms with Crippen molar-refractivity contribution in [2.75, 3.05) is 60.3 Å². The van der Waals surface area contributed by atoms with Gasteiger partial charge in [0.05, 0.1) is 48.7 Å². The van der Waals surface area contributed by atoms with Crippen molar-refractivity contribution in [1.29, 1.82) is 0 Å². The highest BCUT2D eigenvalue weighted by Gasteiger charge is 2.45. The van der Waals surface area contributed by atoms with E-state index < -0.39 is 142 Å². The first-order chi connectivity index (χ1) is 50.0. The summed E-state index contributed by atoms with van der Waals surface area (Å²) in [6.45, 7) is 20.1. The number of rotatable bonds is 41. The molecule has 8 amide bonds.